The van der Waals surface area contributed by atoms with Gasteiger partial charge in [-0.2, -0.15) is 0 Å². The molecule has 1 aliphatic rings. The Bertz CT molecular complexity index is 346. The van der Waals surface area contributed by atoms with E-state index >= 15 is 0 Å². The van der Waals surface area contributed by atoms with Crippen LogP contribution in [0.25, 0.3) is 10.4 Å². The molecule has 7 nitrogen and oxygen atoms in total. The Hall–Kier alpha value is -1.46. The van der Waals surface area contributed by atoms with E-state index < -0.39 is 11.7 Å². The van der Waals surface area contributed by atoms with E-state index in [0.29, 0.717) is 13.2 Å². The van der Waals surface area contributed by atoms with Gasteiger partial charge in [-0.1, -0.05) is 25.9 Å². The van der Waals surface area contributed by atoms with Gasteiger partial charge in [-0.15, -0.1) is 0 Å². The molecule has 0 bridgehead atoms. The SMILES string of the molecule is CC(C)(C)[C@@]1(CN=[N+]=[N-])CN(C(=O)O)CCO1. The molecule has 17 heavy (non-hydrogen) atoms. The Morgan fingerprint density at radius 3 is 2.76 bits per heavy atom. The van der Waals surface area contributed by atoms with Crippen molar-refractivity contribution in [2.45, 2.75) is 26.4 Å². The van der Waals surface area contributed by atoms with Crippen molar-refractivity contribution in [1.29, 1.82) is 0 Å². The third-order valence-electron chi connectivity index (χ3n) is 3.21. The van der Waals surface area contributed by atoms with Crippen LogP contribution in [-0.2, 0) is 4.74 Å². The second-order valence-corrected chi connectivity index (χ2v) is 5.19. The molecule has 0 unspecified atom stereocenters. The number of hydrogen-bond acceptors (Lipinski definition) is 3. The van der Waals surface area contributed by atoms with E-state index in [1.54, 1.807) is 0 Å². The van der Waals surface area contributed by atoms with E-state index in [4.69, 9.17) is 15.4 Å². The number of morpholine rings is 1. The molecule has 0 saturated carbocycles. The molecule has 0 aromatic rings. The van der Waals surface area contributed by atoms with E-state index in [0.717, 1.165) is 0 Å². The predicted molar refractivity (Wildman–Crippen MR) is 61.7 cm³/mol. The summed E-state index contributed by atoms with van der Waals surface area (Å²) < 4.78 is 5.74. The summed E-state index contributed by atoms with van der Waals surface area (Å²) in [6.07, 6.45) is -0.970. The molecule has 0 aromatic carbocycles. The molecule has 1 rings (SSSR count). The Balaban J connectivity index is 2.97. The van der Waals surface area contributed by atoms with Gasteiger partial charge in [-0.05, 0) is 10.9 Å². The summed E-state index contributed by atoms with van der Waals surface area (Å²) in [7, 11) is 0. The third-order valence-corrected chi connectivity index (χ3v) is 3.21. The summed E-state index contributed by atoms with van der Waals surface area (Å²) in [4.78, 5) is 15.1. The highest BCUT2D eigenvalue weighted by Gasteiger charge is 2.47. The fourth-order valence-electron chi connectivity index (χ4n) is 1.88. The van der Waals surface area contributed by atoms with Crippen molar-refractivity contribution in [2.24, 2.45) is 10.5 Å². The zero-order valence-electron chi connectivity index (χ0n) is 10.4. The molecule has 1 amide bonds. The molecule has 1 atom stereocenters. The van der Waals surface area contributed by atoms with E-state index in [2.05, 4.69) is 10.0 Å². The highest BCUT2D eigenvalue weighted by atomic mass is 16.5. The van der Waals surface area contributed by atoms with Crippen LogP contribution < -0.4 is 0 Å². The second-order valence-electron chi connectivity index (χ2n) is 5.19. The number of amides is 1. The summed E-state index contributed by atoms with van der Waals surface area (Å²) in [6.45, 7) is 6.89. The minimum atomic E-state index is -0.970. The van der Waals surface area contributed by atoms with Crippen molar-refractivity contribution in [1.82, 2.24) is 4.90 Å². The highest BCUT2D eigenvalue weighted by molar-refractivity contribution is 5.65. The first kappa shape index (κ1) is 13.6. The monoisotopic (exact) mass is 242 g/mol. The van der Waals surface area contributed by atoms with Gasteiger partial charge >= 0.3 is 6.09 Å². The highest BCUT2D eigenvalue weighted by Crippen LogP contribution is 2.37. The minimum Gasteiger partial charge on any atom is -0.465 e. The Kier molecular flexibility index (Phi) is 3.85. The van der Waals surface area contributed by atoms with E-state index in [1.807, 2.05) is 20.8 Å². The van der Waals surface area contributed by atoms with E-state index in [9.17, 15) is 4.79 Å². The van der Waals surface area contributed by atoms with Crippen LogP contribution >= 0.6 is 0 Å². The van der Waals surface area contributed by atoms with Gasteiger partial charge in [0, 0.05) is 11.5 Å². The molecule has 7 heteroatoms. The van der Waals surface area contributed by atoms with Gasteiger partial charge in [0.2, 0.25) is 0 Å². The third kappa shape index (κ3) is 2.81. The smallest absolute Gasteiger partial charge is 0.407 e. The molecule has 1 aliphatic heterocycles. The van der Waals surface area contributed by atoms with Gasteiger partial charge in [0.1, 0.15) is 0 Å². The van der Waals surface area contributed by atoms with Crippen LogP contribution in [0.3, 0.4) is 0 Å². The van der Waals surface area contributed by atoms with Gasteiger partial charge in [0.15, 0.2) is 0 Å². The van der Waals surface area contributed by atoms with Crippen LogP contribution in [0.2, 0.25) is 0 Å². The largest absolute Gasteiger partial charge is 0.465 e. The van der Waals surface area contributed by atoms with Crippen molar-refractivity contribution in [3.63, 3.8) is 0 Å². The van der Waals surface area contributed by atoms with Gasteiger partial charge in [0.25, 0.3) is 0 Å². The zero-order chi connectivity index (χ0) is 13.1. The molecule has 1 heterocycles. The fraction of sp³-hybridized carbons (Fsp3) is 0.900. The standard InChI is InChI=1S/C10H18N4O3/c1-9(2,3)10(6-12-13-11)7-14(8(15)16)4-5-17-10/h4-7H2,1-3H3,(H,15,16)/t10-/m1/s1. The van der Waals surface area contributed by atoms with Gasteiger partial charge < -0.3 is 14.7 Å². The number of ether oxygens (including phenoxy) is 1. The van der Waals surface area contributed by atoms with Crippen molar-refractivity contribution in [3.05, 3.63) is 10.4 Å². The quantitative estimate of drug-likeness (QED) is 0.456. The molecule has 0 aromatic heterocycles. The lowest BCUT2D eigenvalue weighted by atomic mass is 9.75. The topological polar surface area (TPSA) is 98.5 Å². The predicted octanol–water partition coefficient (Wildman–Crippen LogP) is 2.09. The molecular formula is C10H18N4O3. The van der Waals surface area contributed by atoms with Gasteiger partial charge in [0.05, 0.1) is 25.3 Å². The first-order chi connectivity index (χ1) is 7.82. The molecule has 96 valence electrons. The average Bonchev–Trinajstić information content (AvgIpc) is 2.25. The van der Waals surface area contributed by atoms with Crippen LogP contribution in [-0.4, -0.2) is 47.9 Å². The van der Waals surface area contributed by atoms with Crippen LogP contribution in [0.1, 0.15) is 20.8 Å². The van der Waals surface area contributed by atoms with Crippen LogP contribution in [0.15, 0.2) is 5.11 Å². The summed E-state index contributed by atoms with van der Waals surface area (Å²) >= 11 is 0. The number of rotatable bonds is 2. The molecular weight excluding hydrogens is 224 g/mol. The second kappa shape index (κ2) is 4.81. The lowest BCUT2D eigenvalue weighted by molar-refractivity contribution is -0.152. The van der Waals surface area contributed by atoms with E-state index in [-0.39, 0.29) is 18.5 Å². The number of azide groups is 1. The number of hydrogen-bond donors (Lipinski definition) is 1. The molecule has 0 radical (unpaired) electrons. The summed E-state index contributed by atoms with van der Waals surface area (Å²) in [5.74, 6) is 0. The average molecular weight is 242 g/mol. The fourth-order valence-corrected chi connectivity index (χ4v) is 1.88. The first-order valence-corrected chi connectivity index (χ1v) is 5.45. The molecule has 0 aliphatic carbocycles. The Morgan fingerprint density at radius 1 is 1.65 bits per heavy atom. The number of carbonyl (C=O) groups is 1. The zero-order valence-corrected chi connectivity index (χ0v) is 10.4. The van der Waals surface area contributed by atoms with Crippen molar-refractivity contribution in [3.8, 4) is 0 Å². The van der Waals surface area contributed by atoms with Crippen LogP contribution in [0.4, 0.5) is 4.79 Å². The molecule has 1 saturated heterocycles. The maximum absolute atomic E-state index is 11.0. The molecule has 0 spiro atoms. The maximum Gasteiger partial charge on any atom is 0.407 e. The Morgan fingerprint density at radius 2 is 2.29 bits per heavy atom. The van der Waals surface area contributed by atoms with Gasteiger partial charge in [-0.25, -0.2) is 4.79 Å². The van der Waals surface area contributed by atoms with Crippen LogP contribution in [0, 0.1) is 5.41 Å². The van der Waals surface area contributed by atoms with Crippen LogP contribution in [0.5, 0.6) is 0 Å². The maximum atomic E-state index is 11.0. The minimum absolute atomic E-state index is 0.136. The summed E-state index contributed by atoms with van der Waals surface area (Å²) in [5, 5.41) is 12.6. The lowest BCUT2D eigenvalue weighted by Gasteiger charge is -2.49. The van der Waals surface area contributed by atoms with Crippen molar-refractivity contribution < 1.29 is 14.6 Å². The lowest BCUT2D eigenvalue weighted by Crippen LogP contribution is -2.61. The molecule has 1 N–H and O–H groups in total. The van der Waals surface area contributed by atoms with Crippen molar-refractivity contribution >= 4 is 6.09 Å². The van der Waals surface area contributed by atoms with E-state index in [1.165, 1.54) is 4.90 Å². The van der Waals surface area contributed by atoms with Gasteiger partial charge in [-0.3, -0.25) is 0 Å². The summed E-state index contributed by atoms with van der Waals surface area (Å²) in [6, 6.07) is 0. The Labute approximate surface area is 100.0 Å². The number of nitrogens with zero attached hydrogens (tertiary/aromatic N) is 4. The first-order valence-electron chi connectivity index (χ1n) is 5.45. The number of carboxylic acid groups (broad SMARTS) is 1. The molecule has 1 fully saturated rings. The normalized spacial score (nSPS) is 25.2. The van der Waals surface area contributed by atoms with Crippen molar-refractivity contribution in [2.75, 3.05) is 26.2 Å². The summed E-state index contributed by atoms with van der Waals surface area (Å²) in [5.41, 5.74) is 7.36.